The third kappa shape index (κ3) is 2.75. The number of nitrogens with one attached hydrogen (secondary N) is 1. The summed E-state index contributed by atoms with van der Waals surface area (Å²) in [7, 11) is 0. The summed E-state index contributed by atoms with van der Waals surface area (Å²) in [5, 5.41) is 2.12. The maximum Gasteiger partial charge on any atom is 0.333 e. The second kappa shape index (κ2) is 6.56. The Bertz CT molecular complexity index is 1510. The zero-order chi connectivity index (χ0) is 20.0. The van der Waals surface area contributed by atoms with E-state index >= 15 is 0 Å². The number of H-pyrrole nitrogens is 1. The van der Waals surface area contributed by atoms with Crippen LogP contribution in [0, 0.1) is 6.92 Å². The number of aromatic amines is 1. The average molecular weight is 379 g/mol. The maximum atomic E-state index is 13.2. The first-order valence-electron chi connectivity index (χ1n) is 9.32. The highest BCUT2D eigenvalue weighted by molar-refractivity contribution is 5.90. The molecule has 5 nitrogen and oxygen atoms in total. The molecule has 0 spiro atoms. The molecule has 140 valence electrons. The standard InChI is InChI=1S/C24H17N3O2/c1-15-6-2-4-8-18(15)16-10-11-20-21(12-16)26-24(29)27(23(20)28)22-14-25-13-17-7-3-5-9-19(17)22/h2-14H,1H3,(H,26,29). The molecule has 1 N–H and O–H groups in total. The Balaban J connectivity index is 1.78. The lowest BCUT2D eigenvalue weighted by atomic mass is 10.00. The van der Waals surface area contributed by atoms with Crippen LogP contribution >= 0.6 is 0 Å². The van der Waals surface area contributed by atoms with Crippen LogP contribution in [0.15, 0.2) is 88.7 Å². The molecule has 0 fully saturated rings. The molecule has 0 aliphatic heterocycles. The van der Waals surface area contributed by atoms with Crippen molar-refractivity contribution >= 4 is 21.7 Å². The average Bonchev–Trinajstić information content (AvgIpc) is 2.74. The number of hydrogen-bond donors (Lipinski definition) is 1. The van der Waals surface area contributed by atoms with E-state index < -0.39 is 5.69 Å². The quantitative estimate of drug-likeness (QED) is 0.500. The van der Waals surface area contributed by atoms with Gasteiger partial charge in [-0.25, -0.2) is 9.36 Å². The van der Waals surface area contributed by atoms with Crippen molar-refractivity contribution in [2.24, 2.45) is 0 Å². The van der Waals surface area contributed by atoms with E-state index in [2.05, 4.69) is 9.97 Å². The third-order valence-corrected chi connectivity index (χ3v) is 5.24. The molecular weight excluding hydrogens is 362 g/mol. The van der Waals surface area contributed by atoms with E-state index in [1.165, 1.54) is 0 Å². The first-order valence-corrected chi connectivity index (χ1v) is 9.32. The van der Waals surface area contributed by atoms with Gasteiger partial charge in [0, 0.05) is 17.0 Å². The first-order chi connectivity index (χ1) is 14.1. The van der Waals surface area contributed by atoms with Gasteiger partial charge in [0.05, 0.1) is 22.8 Å². The molecular formula is C24H17N3O2. The highest BCUT2D eigenvalue weighted by atomic mass is 16.2. The molecule has 0 amide bonds. The van der Waals surface area contributed by atoms with Crippen LogP contribution in [-0.2, 0) is 0 Å². The number of aryl methyl sites for hydroxylation is 1. The number of nitrogens with zero attached hydrogens (tertiary/aromatic N) is 2. The minimum atomic E-state index is -0.484. The van der Waals surface area contributed by atoms with Crippen molar-refractivity contribution in [3.05, 3.63) is 106 Å². The molecule has 5 rings (SSSR count). The van der Waals surface area contributed by atoms with Gasteiger partial charge in [0.1, 0.15) is 0 Å². The van der Waals surface area contributed by atoms with Crippen LogP contribution in [0.25, 0.3) is 38.5 Å². The fourth-order valence-corrected chi connectivity index (χ4v) is 3.78. The van der Waals surface area contributed by atoms with E-state index in [0.717, 1.165) is 32.0 Å². The van der Waals surface area contributed by atoms with Gasteiger partial charge in [0.2, 0.25) is 0 Å². The molecule has 5 heteroatoms. The fraction of sp³-hybridized carbons (Fsp3) is 0.0417. The Morgan fingerprint density at radius 1 is 0.862 bits per heavy atom. The van der Waals surface area contributed by atoms with Crippen molar-refractivity contribution in [1.82, 2.24) is 14.5 Å². The Hall–Kier alpha value is -3.99. The van der Waals surface area contributed by atoms with Gasteiger partial charge in [-0.3, -0.25) is 9.78 Å². The predicted molar refractivity (Wildman–Crippen MR) is 116 cm³/mol. The molecule has 0 unspecified atom stereocenters. The number of rotatable bonds is 2. The SMILES string of the molecule is Cc1ccccc1-c1ccc2c(=O)n(-c3cncc4ccccc34)c(=O)[nH]c2c1. The molecule has 0 aliphatic rings. The zero-order valence-electron chi connectivity index (χ0n) is 15.7. The summed E-state index contributed by atoms with van der Waals surface area (Å²) in [4.78, 5) is 33.2. The smallest absolute Gasteiger partial charge is 0.306 e. The topological polar surface area (TPSA) is 67.8 Å². The van der Waals surface area contributed by atoms with E-state index in [1.54, 1.807) is 18.5 Å². The number of hydrogen-bond acceptors (Lipinski definition) is 3. The maximum absolute atomic E-state index is 13.2. The monoisotopic (exact) mass is 379 g/mol. The van der Waals surface area contributed by atoms with Crippen LogP contribution in [0.4, 0.5) is 0 Å². The van der Waals surface area contributed by atoms with Crippen LogP contribution < -0.4 is 11.2 Å². The molecule has 2 heterocycles. The van der Waals surface area contributed by atoms with Crippen molar-refractivity contribution in [2.45, 2.75) is 6.92 Å². The van der Waals surface area contributed by atoms with Crippen LogP contribution in [0.5, 0.6) is 0 Å². The molecule has 29 heavy (non-hydrogen) atoms. The van der Waals surface area contributed by atoms with Crippen molar-refractivity contribution in [3.63, 3.8) is 0 Å². The summed E-state index contributed by atoms with van der Waals surface area (Å²) in [5.74, 6) is 0. The summed E-state index contributed by atoms with van der Waals surface area (Å²) < 4.78 is 1.16. The van der Waals surface area contributed by atoms with Gasteiger partial charge in [-0.05, 0) is 35.7 Å². The minimum Gasteiger partial charge on any atom is -0.306 e. The first kappa shape index (κ1) is 17.1. The van der Waals surface area contributed by atoms with Gasteiger partial charge >= 0.3 is 5.69 Å². The summed E-state index contributed by atoms with van der Waals surface area (Å²) in [6.07, 6.45) is 3.26. The molecule has 0 saturated heterocycles. The van der Waals surface area contributed by atoms with Crippen molar-refractivity contribution in [2.75, 3.05) is 0 Å². The summed E-state index contributed by atoms with van der Waals surface area (Å²) in [6, 6.07) is 21.1. The van der Waals surface area contributed by atoms with E-state index in [9.17, 15) is 9.59 Å². The van der Waals surface area contributed by atoms with E-state index in [-0.39, 0.29) is 5.56 Å². The predicted octanol–water partition coefficient (Wildman–Crippen LogP) is 4.20. The second-order valence-electron chi connectivity index (χ2n) is 7.03. The lowest BCUT2D eigenvalue weighted by molar-refractivity contribution is 0.902. The second-order valence-corrected chi connectivity index (χ2v) is 7.03. The Morgan fingerprint density at radius 3 is 2.52 bits per heavy atom. The van der Waals surface area contributed by atoms with Crippen molar-refractivity contribution in [1.29, 1.82) is 0 Å². The van der Waals surface area contributed by atoms with E-state index in [4.69, 9.17) is 0 Å². The van der Waals surface area contributed by atoms with Gasteiger partial charge in [-0.1, -0.05) is 54.6 Å². The Kier molecular flexibility index (Phi) is 3.88. The van der Waals surface area contributed by atoms with Gasteiger partial charge in [-0.15, -0.1) is 0 Å². The van der Waals surface area contributed by atoms with Crippen LogP contribution in [0.1, 0.15) is 5.56 Å². The zero-order valence-corrected chi connectivity index (χ0v) is 15.7. The fourth-order valence-electron chi connectivity index (χ4n) is 3.78. The molecule has 2 aromatic heterocycles. The summed E-state index contributed by atoms with van der Waals surface area (Å²) in [6.45, 7) is 2.04. The van der Waals surface area contributed by atoms with Gasteiger partial charge in [-0.2, -0.15) is 0 Å². The molecule has 5 aromatic rings. The van der Waals surface area contributed by atoms with E-state index in [1.807, 2.05) is 67.6 Å². The highest BCUT2D eigenvalue weighted by Crippen LogP contribution is 2.25. The van der Waals surface area contributed by atoms with Crippen LogP contribution in [0.3, 0.4) is 0 Å². The molecule has 0 bridgehead atoms. The molecule has 0 saturated carbocycles. The van der Waals surface area contributed by atoms with Gasteiger partial charge < -0.3 is 4.98 Å². The van der Waals surface area contributed by atoms with Gasteiger partial charge in [0.25, 0.3) is 5.56 Å². The Labute approximate surface area is 165 Å². The van der Waals surface area contributed by atoms with Crippen molar-refractivity contribution in [3.8, 4) is 16.8 Å². The molecule has 0 atom stereocenters. The normalized spacial score (nSPS) is 11.2. The lowest BCUT2D eigenvalue weighted by Gasteiger charge is -2.11. The summed E-state index contributed by atoms with van der Waals surface area (Å²) >= 11 is 0. The van der Waals surface area contributed by atoms with Crippen molar-refractivity contribution < 1.29 is 0 Å². The highest BCUT2D eigenvalue weighted by Gasteiger charge is 2.13. The van der Waals surface area contributed by atoms with Gasteiger partial charge in [0.15, 0.2) is 0 Å². The van der Waals surface area contributed by atoms with Crippen LogP contribution in [0.2, 0.25) is 0 Å². The molecule has 0 radical (unpaired) electrons. The number of aromatic nitrogens is 3. The third-order valence-electron chi connectivity index (χ3n) is 5.24. The number of benzene rings is 3. The number of fused-ring (bicyclic) bond motifs is 2. The van der Waals surface area contributed by atoms with E-state index in [0.29, 0.717) is 16.6 Å². The number of pyridine rings is 1. The lowest BCUT2D eigenvalue weighted by Crippen LogP contribution is -2.33. The molecule has 0 aliphatic carbocycles. The largest absolute Gasteiger partial charge is 0.333 e. The van der Waals surface area contributed by atoms with Crippen LogP contribution in [-0.4, -0.2) is 14.5 Å². The molecule has 3 aromatic carbocycles. The Morgan fingerprint density at radius 2 is 1.66 bits per heavy atom. The minimum absolute atomic E-state index is 0.363. The summed E-state index contributed by atoms with van der Waals surface area (Å²) in [5.41, 5.74) is 3.29.